The van der Waals surface area contributed by atoms with Crippen LogP contribution in [0.2, 0.25) is 0 Å². The molecule has 0 radical (unpaired) electrons. The van der Waals surface area contributed by atoms with Crippen LogP contribution in [-0.2, 0) is 16.6 Å². The Kier molecular flexibility index (Phi) is 6.51. The highest BCUT2D eigenvalue weighted by Crippen LogP contribution is 2.24. The number of rotatable bonds is 5. The Morgan fingerprint density at radius 1 is 1.15 bits per heavy atom. The van der Waals surface area contributed by atoms with E-state index in [1.807, 2.05) is 25.1 Å². The zero-order valence-corrected chi connectivity index (χ0v) is 20.7. The van der Waals surface area contributed by atoms with E-state index in [4.69, 9.17) is 6.42 Å². The average molecular weight is 540 g/mol. The molecule has 0 unspecified atom stereocenters. The molecular formula is C24H18BrN3O3S2. The van der Waals surface area contributed by atoms with Crippen molar-refractivity contribution in [2.75, 3.05) is 4.72 Å². The van der Waals surface area contributed by atoms with Crippen molar-refractivity contribution in [3.8, 4) is 12.3 Å². The van der Waals surface area contributed by atoms with Crippen LogP contribution in [0.3, 0.4) is 0 Å². The second-order valence-electron chi connectivity index (χ2n) is 7.17. The van der Waals surface area contributed by atoms with Gasteiger partial charge in [0.25, 0.3) is 15.9 Å². The third-order valence-electron chi connectivity index (χ3n) is 4.82. The molecule has 1 N–H and O–H groups in total. The molecule has 4 aromatic rings. The number of fused-ring (bicyclic) bond motifs is 1. The smallest absolute Gasteiger partial charge is 0.281 e. The lowest BCUT2D eigenvalue weighted by molar-refractivity contribution is 0.0998. The quantitative estimate of drug-likeness (QED) is 0.364. The average Bonchev–Trinajstić information content (AvgIpc) is 3.10. The number of nitrogens with one attached hydrogen (secondary N) is 1. The standard InChI is InChI=1S/C24H18BrN3O3S2/c1-3-14-28-21-13-10-17(25)15-22(21)32-24(28)26-23(29)19-6-4-5-7-20(19)27-33(30,31)18-11-8-16(2)9-12-18/h1,4-13,15,27H,14H2,2H3. The molecule has 0 spiro atoms. The summed E-state index contributed by atoms with van der Waals surface area (Å²) in [5.74, 6) is 2.01. The maximum Gasteiger partial charge on any atom is 0.281 e. The lowest BCUT2D eigenvalue weighted by atomic mass is 10.2. The highest BCUT2D eigenvalue weighted by atomic mass is 79.9. The monoisotopic (exact) mass is 539 g/mol. The van der Waals surface area contributed by atoms with Crippen LogP contribution in [0.1, 0.15) is 15.9 Å². The van der Waals surface area contributed by atoms with E-state index < -0.39 is 15.9 Å². The molecule has 0 atom stereocenters. The minimum atomic E-state index is -3.88. The number of benzene rings is 3. The first kappa shape index (κ1) is 23.0. The van der Waals surface area contributed by atoms with Crippen LogP contribution in [0.15, 0.2) is 81.1 Å². The van der Waals surface area contributed by atoms with Gasteiger partial charge in [0.1, 0.15) is 0 Å². The molecule has 1 amide bonds. The van der Waals surface area contributed by atoms with Gasteiger partial charge in [-0.2, -0.15) is 4.99 Å². The Morgan fingerprint density at radius 2 is 1.88 bits per heavy atom. The predicted molar refractivity (Wildman–Crippen MR) is 135 cm³/mol. The summed E-state index contributed by atoms with van der Waals surface area (Å²) in [5, 5.41) is 0. The van der Waals surface area contributed by atoms with Crippen LogP contribution in [0, 0.1) is 19.3 Å². The molecule has 0 saturated heterocycles. The number of anilines is 1. The first-order chi connectivity index (χ1) is 15.8. The zero-order chi connectivity index (χ0) is 23.6. The number of carbonyl (C=O) groups excluding carboxylic acids is 1. The number of carbonyl (C=O) groups is 1. The van der Waals surface area contributed by atoms with E-state index in [1.54, 1.807) is 28.8 Å². The molecule has 9 heteroatoms. The molecule has 0 saturated carbocycles. The molecule has 166 valence electrons. The number of amides is 1. The van der Waals surface area contributed by atoms with Crippen molar-refractivity contribution in [3.05, 3.63) is 87.1 Å². The second-order valence-corrected chi connectivity index (χ2v) is 10.8. The normalized spacial score (nSPS) is 12.0. The molecule has 6 nitrogen and oxygen atoms in total. The Hall–Kier alpha value is -3.19. The van der Waals surface area contributed by atoms with Crippen molar-refractivity contribution in [3.63, 3.8) is 0 Å². The van der Waals surface area contributed by atoms with Gasteiger partial charge < -0.3 is 4.57 Å². The van der Waals surface area contributed by atoms with Crippen molar-refractivity contribution in [1.82, 2.24) is 4.57 Å². The number of nitrogens with zero attached hydrogens (tertiary/aromatic N) is 2. The fourth-order valence-electron chi connectivity index (χ4n) is 3.20. The number of hydrogen-bond acceptors (Lipinski definition) is 4. The van der Waals surface area contributed by atoms with Crippen molar-refractivity contribution >= 4 is 59.1 Å². The van der Waals surface area contributed by atoms with Gasteiger partial charge in [-0.15, -0.1) is 6.42 Å². The molecular weight excluding hydrogens is 522 g/mol. The lowest BCUT2D eigenvalue weighted by Crippen LogP contribution is -2.18. The molecule has 0 aliphatic carbocycles. The Balaban J connectivity index is 1.75. The zero-order valence-electron chi connectivity index (χ0n) is 17.4. The molecule has 3 aromatic carbocycles. The number of aromatic nitrogens is 1. The first-order valence-corrected chi connectivity index (χ1v) is 12.9. The van der Waals surface area contributed by atoms with E-state index in [0.717, 1.165) is 20.3 Å². The van der Waals surface area contributed by atoms with Crippen LogP contribution in [0.25, 0.3) is 10.2 Å². The van der Waals surface area contributed by atoms with Crippen LogP contribution >= 0.6 is 27.3 Å². The lowest BCUT2D eigenvalue weighted by Gasteiger charge is -2.11. The minimum absolute atomic E-state index is 0.106. The van der Waals surface area contributed by atoms with Gasteiger partial charge in [0, 0.05) is 4.47 Å². The van der Waals surface area contributed by atoms with E-state index >= 15 is 0 Å². The summed E-state index contributed by atoms with van der Waals surface area (Å²) in [6, 6.07) is 18.6. The van der Waals surface area contributed by atoms with E-state index in [-0.39, 0.29) is 22.7 Å². The topological polar surface area (TPSA) is 80.5 Å². The number of hydrogen-bond donors (Lipinski definition) is 1. The van der Waals surface area contributed by atoms with Gasteiger partial charge in [0.15, 0.2) is 4.80 Å². The molecule has 0 aliphatic rings. The Labute approximate surface area is 203 Å². The number of halogens is 1. The third kappa shape index (κ3) is 4.93. The highest BCUT2D eigenvalue weighted by molar-refractivity contribution is 9.10. The van der Waals surface area contributed by atoms with Crippen LogP contribution in [0.5, 0.6) is 0 Å². The van der Waals surface area contributed by atoms with Crippen LogP contribution in [0.4, 0.5) is 5.69 Å². The molecule has 33 heavy (non-hydrogen) atoms. The summed E-state index contributed by atoms with van der Waals surface area (Å²) in [4.78, 5) is 18.0. The van der Waals surface area contributed by atoms with E-state index in [0.29, 0.717) is 4.80 Å². The molecule has 4 rings (SSSR count). The maximum atomic E-state index is 13.1. The number of aryl methyl sites for hydroxylation is 1. The van der Waals surface area contributed by atoms with Crippen molar-refractivity contribution in [1.29, 1.82) is 0 Å². The number of para-hydroxylation sites is 1. The number of sulfonamides is 1. The molecule has 1 aromatic heterocycles. The fourth-order valence-corrected chi connectivity index (χ4v) is 5.86. The van der Waals surface area contributed by atoms with Crippen LogP contribution < -0.4 is 9.52 Å². The SMILES string of the molecule is C#CCn1c(=NC(=O)c2ccccc2NS(=O)(=O)c2ccc(C)cc2)sc2cc(Br)ccc21. The fraction of sp³-hybridized carbons (Fsp3) is 0.0833. The van der Waals surface area contributed by atoms with Gasteiger partial charge in [-0.3, -0.25) is 9.52 Å². The maximum absolute atomic E-state index is 13.1. The van der Waals surface area contributed by atoms with Crippen molar-refractivity contribution in [2.45, 2.75) is 18.4 Å². The first-order valence-electron chi connectivity index (χ1n) is 9.78. The minimum Gasteiger partial charge on any atom is -0.305 e. The summed E-state index contributed by atoms with van der Waals surface area (Å²) in [6.07, 6.45) is 5.53. The van der Waals surface area contributed by atoms with Gasteiger partial charge in [-0.05, 0) is 49.4 Å². The van der Waals surface area contributed by atoms with Gasteiger partial charge in [0.05, 0.1) is 32.9 Å². The van der Waals surface area contributed by atoms with Gasteiger partial charge in [0.2, 0.25) is 0 Å². The summed E-state index contributed by atoms with van der Waals surface area (Å²) in [5.41, 5.74) is 2.10. The largest absolute Gasteiger partial charge is 0.305 e. The molecule has 0 bridgehead atoms. The van der Waals surface area contributed by atoms with Gasteiger partial charge >= 0.3 is 0 Å². The summed E-state index contributed by atoms with van der Waals surface area (Å²) >= 11 is 4.78. The summed E-state index contributed by atoms with van der Waals surface area (Å²) < 4.78 is 31.8. The molecule has 0 fully saturated rings. The Morgan fingerprint density at radius 3 is 2.61 bits per heavy atom. The van der Waals surface area contributed by atoms with Crippen molar-refractivity contribution in [2.24, 2.45) is 4.99 Å². The number of terminal acetylenes is 1. The highest BCUT2D eigenvalue weighted by Gasteiger charge is 2.19. The molecule has 0 aliphatic heterocycles. The predicted octanol–water partition coefficient (Wildman–Crippen LogP) is 4.95. The van der Waals surface area contributed by atoms with E-state index in [1.165, 1.54) is 35.6 Å². The Bertz CT molecular complexity index is 1580. The second kappa shape index (κ2) is 9.35. The van der Waals surface area contributed by atoms with Crippen molar-refractivity contribution < 1.29 is 13.2 Å². The van der Waals surface area contributed by atoms with E-state index in [9.17, 15) is 13.2 Å². The number of thiazole rings is 1. The van der Waals surface area contributed by atoms with Gasteiger partial charge in [-0.25, -0.2) is 8.42 Å². The van der Waals surface area contributed by atoms with E-state index in [2.05, 4.69) is 31.6 Å². The summed E-state index contributed by atoms with van der Waals surface area (Å²) in [7, 11) is -3.88. The summed E-state index contributed by atoms with van der Waals surface area (Å²) in [6.45, 7) is 2.12. The third-order valence-corrected chi connectivity index (χ3v) is 7.74. The van der Waals surface area contributed by atoms with Crippen LogP contribution in [-0.4, -0.2) is 18.9 Å². The molecule has 1 heterocycles. The van der Waals surface area contributed by atoms with Gasteiger partial charge in [-0.1, -0.05) is 63.0 Å².